The molecule has 2 fully saturated rings. The van der Waals surface area contributed by atoms with Crippen molar-refractivity contribution in [3.05, 3.63) is 40.2 Å². The summed E-state index contributed by atoms with van der Waals surface area (Å²) >= 11 is 1.81. The molecule has 0 spiro atoms. The van der Waals surface area contributed by atoms with Crippen molar-refractivity contribution in [3.63, 3.8) is 0 Å². The molecule has 1 atom stereocenters. The highest BCUT2D eigenvalue weighted by Crippen LogP contribution is 2.42. The number of carbonyl (C=O) groups excluding carboxylic acids is 1. The Bertz CT molecular complexity index is 685. The molecule has 1 N–H and O–H groups in total. The standard InChI is InChI=1S/C18H23N3O2S/c1-12-10-19-17(24-12)16(13-2-3-13)20-15-4-7-21(8-5-15)18(22)14-6-9-23-11-14/h6,9-11,13,15-16,20H,2-5,7-8H2,1H3/t16-/m1/s1. The van der Waals surface area contributed by atoms with Crippen molar-refractivity contribution < 1.29 is 9.21 Å². The highest BCUT2D eigenvalue weighted by Gasteiger charge is 2.36. The number of hydrogen-bond donors (Lipinski definition) is 1. The number of nitrogens with one attached hydrogen (secondary N) is 1. The molecule has 0 unspecified atom stereocenters. The fourth-order valence-corrected chi connectivity index (χ4v) is 4.35. The minimum absolute atomic E-state index is 0.0801. The van der Waals surface area contributed by atoms with Gasteiger partial charge in [-0.3, -0.25) is 4.79 Å². The zero-order chi connectivity index (χ0) is 16.5. The Kier molecular flexibility index (Phi) is 4.41. The van der Waals surface area contributed by atoms with Gasteiger partial charge in [0.25, 0.3) is 5.91 Å². The van der Waals surface area contributed by atoms with Crippen LogP contribution in [0.4, 0.5) is 0 Å². The quantitative estimate of drug-likeness (QED) is 0.902. The number of aromatic nitrogens is 1. The van der Waals surface area contributed by atoms with Crippen molar-refractivity contribution >= 4 is 17.2 Å². The minimum atomic E-state index is 0.0801. The molecule has 0 bridgehead atoms. The monoisotopic (exact) mass is 345 g/mol. The minimum Gasteiger partial charge on any atom is -0.472 e. The molecule has 1 saturated carbocycles. The summed E-state index contributed by atoms with van der Waals surface area (Å²) in [5.74, 6) is 0.817. The maximum Gasteiger partial charge on any atom is 0.257 e. The summed E-state index contributed by atoms with van der Waals surface area (Å²) in [7, 11) is 0. The molecule has 6 heteroatoms. The van der Waals surface area contributed by atoms with E-state index in [1.165, 1.54) is 29.0 Å². The average Bonchev–Trinajstić information content (AvgIpc) is 3.10. The molecule has 4 rings (SSSR count). The third kappa shape index (κ3) is 3.39. The summed E-state index contributed by atoms with van der Waals surface area (Å²) in [6.45, 7) is 3.72. The molecule has 2 aromatic heterocycles. The molecule has 1 amide bonds. The molecule has 1 aliphatic carbocycles. The molecule has 3 heterocycles. The van der Waals surface area contributed by atoms with Crippen LogP contribution in [0.15, 0.2) is 29.2 Å². The summed E-state index contributed by atoms with van der Waals surface area (Å²) in [5, 5.41) is 5.06. The summed E-state index contributed by atoms with van der Waals surface area (Å²) in [4.78, 5) is 20.2. The van der Waals surface area contributed by atoms with Crippen LogP contribution in [-0.4, -0.2) is 34.9 Å². The first-order chi connectivity index (χ1) is 11.7. The normalized spacial score (nSPS) is 20.3. The van der Waals surface area contributed by atoms with Gasteiger partial charge < -0.3 is 14.6 Å². The first-order valence-corrected chi connectivity index (χ1v) is 9.52. The largest absolute Gasteiger partial charge is 0.472 e. The van der Waals surface area contributed by atoms with Crippen LogP contribution in [0.25, 0.3) is 0 Å². The summed E-state index contributed by atoms with van der Waals surface area (Å²) in [6, 6.07) is 2.60. The summed E-state index contributed by atoms with van der Waals surface area (Å²) in [5.41, 5.74) is 0.649. The number of nitrogens with zero attached hydrogens (tertiary/aromatic N) is 2. The van der Waals surface area contributed by atoms with Crippen molar-refractivity contribution in [1.29, 1.82) is 0 Å². The van der Waals surface area contributed by atoms with Crippen molar-refractivity contribution in [2.45, 2.75) is 44.7 Å². The molecular weight excluding hydrogens is 322 g/mol. The van der Waals surface area contributed by atoms with Crippen molar-refractivity contribution in [2.24, 2.45) is 5.92 Å². The van der Waals surface area contributed by atoms with Crippen LogP contribution in [0.5, 0.6) is 0 Å². The molecule has 5 nitrogen and oxygen atoms in total. The van der Waals surface area contributed by atoms with E-state index in [2.05, 4.69) is 17.2 Å². The van der Waals surface area contributed by atoms with Crippen LogP contribution < -0.4 is 5.32 Å². The van der Waals surface area contributed by atoms with Crippen LogP contribution in [0, 0.1) is 12.8 Å². The average molecular weight is 345 g/mol. The number of rotatable bonds is 5. The SMILES string of the molecule is Cc1cnc([C@H](NC2CCN(C(=O)c3ccoc3)CC2)C2CC2)s1. The lowest BCUT2D eigenvalue weighted by molar-refractivity contribution is 0.0699. The van der Waals surface area contributed by atoms with Gasteiger partial charge in [-0.05, 0) is 44.6 Å². The van der Waals surface area contributed by atoms with Crippen LogP contribution in [0.3, 0.4) is 0 Å². The first-order valence-electron chi connectivity index (χ1n) is 8.70. The first kappa shape index (κ1) is 15.8. The smallest absolute Gasteiger partial charge is 0.257 e. The Balaban J connectivity index is 1.34. The maximum atomic E-state index is 12.4. The molecule has 128 valence electrons. The zero-order valence-electron chi connectivity index (χ0n) is 13.9. The number of likely N-dealkylation sites (tertiary alicyclic amines) is 1. The summed E-state index contributed by atoms with van der Waals surface area (Å²) < 4.78 is 5.02. The van der Waals surface area contributed by atoms with Gasteiger partial charge >= 0.3 is 0 Å². The Morgan fingerprint density at radius 1 is 1.38 bits per heavy atom. The highest BCUT2D eigenvalue weighted by atomic mass is 32.1. The lowest BCUT2D eigenvalue weighted by Crippen LogP contribution is -2.46. The third-order valence-electron chi connectivity index (χ3n) is 4.96. The van der Waals surface area contributed by atoms with E-state index in [-0.39, 0.29) is 5.91 Å². The highest BCUT2D eigenvalue weighted by molar-refractivity contribution is 7.11. The van der Waals surface area contributed by atoms with Gasteiger partial charge in [0.05, 0.1) is 17.9 Å². The zero-order valence-corrected chi connectivity index (χ0v) is 14.7. The number of furan rings is 1. The number of aryl methyl sites for hydroxylation is 1. The molecule has 0 aromatic carbocycles. The van der Waals surface area contributed by atoms with Gasteiger partial charge in [0.2, 0.25) is 0 Å². The summed E-state index contributed by atoms with van der Waals surface area (Å²) in [6.07, 6.45) is 9.65. The fourth-order valence-electron chi connectivity index (χ4n) is 3.43. The van der Waals surface area contributed by atoms with E-state index >= 15 is 0 Å². The van der Waals surface area contributed by atoms with Gasteiger partial charge in [0.15, 0.2) is 0 Å². The van der Waals surface area contributed by atoms with E-state index in [1.54, 1.807) is 12.3 Å². The number of amides is 1. The maximum absolute atomic E-state index is 12.4. The van der Waals surface area contributed by atoms with Gasteiger partial charge in [-0.25, -0.2) is 4.98 Å². The molecule has 0 radical (unpaired) electrons. The number of hydrogen-bond acceptors (Lipinski definition) is 5. The second kappa shape index (κ2) is 6.69. The Hall–Kier alpha value is -1.66. The second-order valence-electron chi connectivity index (χ2n) is 6.87. The van der Waals surface area contributed by atoms with E-state index in [1.807, 2.05) is 22.4 Å². The predicted molar refractivity (Wildman–Crippen MR) is 93.1 cm³/mol. The molecular formula is C18H23N3O2S. The molecule has 1 aliphatic heterocycles. The van der Waals surface area contributed by atoms with Crippen LogP contribution in [-0.2, 0) is 0 Å². The van der Waals surface area contributed by atoms with E-state index in [4.69, 9.17) is 4.42 Å². The molecule has 1 saturated heterocycles. The van der Waals surface area contributed by atoms with Crippen LogP contribution >= 0.6 is 11.3 Å². The van der Waals surface area contributed by atoms with Gasteiger partial charge in [0.1, 0.15) is 11.3 Å². The Morgan fingerprint density at radius 2 is 2.17 bits per heavy atom. The fraction of sp³-hybridized carbons (Fsp3) is 0.556. The van der Waals surface area contributed by atoms with Gasteiger partial charge in [0, 0.05) is 30.2 Å². The number of thiazole rings is 1. The second-order valence-corrected chi connectivity index (χ2v) is 8.14. The number of piperidine rings is 1. The van der Waals surface area contributed by atoms with Crippen molar-refractivity contribution in [3.8, 4) is 0 Å². The van der Waals surface area contributed by atoms with E-state index < -0.39 is 0 Å². The van der Waals surface area contributed by atoms with E-state index in [0.717, 1.165) is 31.8 Å². The molecule has 24 heavy (non-hydrogen) atoms. The topological polar surface area (TPSA) is 58.4 Å². The Morgan fingerprint density at radius 3 is 2.75 bits per heavy atom. The number of carbonyl (C=O) groups is 1. The van der Waals surface area contributed by atoms with Gasteiger partial charge in [-0.2, -0.15) is 0 Å². The molecule has 2 aromatic rings. The van der Waals surface area contributed by atoms with Crippen molar-refractivity contribution in [1.82, 2.24) is 15.2 Å². The molecule has 2 aliphatic rings. The van der Waals surface area contributed by atoms with Crippen molar-refractivity contribution in [2.75, 3.05) is 13.1 Å². The van der Waals surface area contributed by atoms with E-state index in [9.17, 15) is 4.79 Å². The lowest BCUT2D eigenvalue weighted by Gasteiger charge is -2.34. The van der Waals surface area contributed by atoms with Gasteiger partial charge in [-0.1, -0.05) is 0 Å². The Labute approximate surface area is 146 Å². The lowest BCUT2D eigenvalue weighted by atomic mass is 10.0. The van der Waals surface area contributed by atoms with Crippen LogP contribution in [0.2, 0.25) is 0 Å². The third-order valence-corrected chi connectivity index (χ3v) is 5.96. The van der Waals surface area contributed by atoms with Gasteiger partial charge in [-0.15, -0.1) is 11.3 Å². The van der Waals surface area contributed by atoms with E-state index in [0.29, 0.717) is 17.6 Å². The predicted octanol–water partition coefficient (Wildman–Crippen LogP) is 3.39. The van der Waals surface area contributed by atoms with Crippen LogP contribution in [0.1, 0.15) is 52.0 Å².